The lowest BCUT2D eigenvalue weighted by Gasteiger charge is -2.30. The maximum absolute atomic E-state index is 12.1. The summed E-state index contributed by atoms with van der Waals surface area (Å²) in [6, 6.07) is 9.84. The SMILES string of the molecule is O=C(NCCc1cc2ccccc2o1)C1(O)CCSCC1. The summed E-state index contributed by atoms with van der Waals surface area (Å²) in [7, 11) is 0. The van der Waals surface area contributed by atoms with Crippen molar-refractivity contribution in [3.8, 4) is 0 Å². The fourth-order valence-electron chi connectivity index (χ4n) is 2.56. The van der Waals surface area contributed by atoms with Crippen molar-refractivity contribution in [1.29, 1.82) is 0 Å². The Labute approximate surface area is 127 Å². The van der Waals surface area contributed by atoms with E-state index in [-0.39, 0.29) is 5.91 Å². The van der Waals surface area contributed by atoms with Gasteiger partial charge in [0.1, 0.15) is 16.9 Å². The predicted molar refractivity (Wildman–Crippen MR) is 84.4 cm³/mol. The monoisotopic (exact) mass is 305 g/mol. The van der Waals surface area contributed by atoms with Crippen molar-refractivity contribution in [2.24, 2.45) is 0 Å². The van der Waals surface area contributed by atoms with E-state index in [1.807, 2.05) is 30.3 Å². The second-order valence-corrected chi connectivity index (χ2v) is 6.63. The van der Waals surface area contributed by atoms with Crippen LogP contribution in [0.2, 0.25) is 0 Å². The number of para-hydroxylation sites is 1. The van der Waals surface area contributed by atoms with Crippen LogP contribution >= 0.6 is 11.8 Å². The Morgan fingerprint density at radius 3 is 2.86 bits per heavy atom. The van der Waals surface area contributed by atoms with Crippen LogP contribution in [0.5, 0.6) is 0 Å². The maximum Gasteiger partial charge on any atom is 0.252 e. The Morgan fingerprint density at radius 2 is 2.10 bits per heavy atom. The van der Waals surface area contributed by atoms with Crippen molar-refractivity contribution in [2.75, 3.05) is 18.1 Å². The molecule has 0 atom stereocenters. The summed E-state index contributed by atoms with van der Waals surface area (Å²) in [6.45, 7) is 0.480. The van der Waals surface area contributed by atoms with Crippen LogP contribution in [0, 0.1) is 0 Å². The molecule has 112 valence electrons. The third-order valence-corrected chi connectivity index (χ3v) is 4.86. The van der Waals surface area contributed by atoms with Gasteiger partial charge in [0, 0.05) is 18.4 Å². The van der Waals surface area contributed by atoms with Gasteiger partial charge in [0.2, 0.25) is 0 Å². The number of hydrogen-bond donors (Lipinski definition) is 2. The third kappa shape index (κ3) is 3.24. The average Bonchev–Trinajstić information content (AvgIpc) is 2.90. The highest BCUT2D eigenvalue weighted by Gasteiger charge is 2.36. The summed E-state index contributed by atoms with van der Waals surface area (Å²) in [4.78, 5) is 12.1. The first-order chi connectivity index (χ1) is 10.2. The minimum atomic E-state index is -1.18. The first-order valence-electron chi connectivity index (χ1n) is 7.23. The number of carbonyl (C=O) groups is 1. The first kappa shape index (κ1) is 14.5. The summed E-state index contributed by atoms with van der Waals surface area (Å²) in [5.74, 6) is 2.28. The van der Waals surface area contributed by atoms with E-state index in [1.54, 1.807) is 11.8 Å². The smallest absolute Gasteiger partial charge is 0.252 e. The molecule has 0 unspecified atom stereocenters. The van der Waals surface area contributed by atoms with Gasteiger partial charge in [0.15, 0.2) is 0 Å². The molecule has 2 aromatic rings. The van der Waals surface area contributed by atoms with Crippen LogP contribution in [-0.4, -0.2) is 34.7 Å². The standard InChI is InChI=1S/C16H19NO3S/c18-15(16(19)6-9-21-10-7-16)17-8-5-13-11-12-3-1-2-4-14(12)20-13/h1-4,11,19H,5-10H2,(H,17,18). The number of fused-ring (bicyclic) bond motifs is 1. The van der Waals surface area contributed by atoms with E-state index in [1.165, 1.54) is 0 Å². The molecule has 21 heavy (non-hydrogen) atoms. The molecule has 1 aromatic heterocycles. The lowest BCUT2D eigenvalue weighted by molar-refractivity contribution is -0.140. The summed E-state index contributed by atoms with van der Waals surface area (Å²) < 4.78 is 5.70. The highest BCUT2D eigenvalue weighted by Crippen LogP contribution is 2.27. The molecule has 0 spiro atoms. The number of nitrogens with one attached hydrogen (secondary N) is 1. The van der Waals surface area contributed by atoms with E-state index in [4.69, 9.17) is 4.42 Å². The molecule has 0 aliphatic carbocycles. The van der Waals surface area contributed by atoms with Crippen molar-refractivity contribution in [3.05, 3.63) is 36.1 Å². The zero-order valence-electron chi connectivity index (χ0n) is 11.8. The van der Waals surface area contributed by atoms with Crippen molar-refractivity contribution >= 4 is 28.6 Å². The summed E-state index contributed by atoms with van der Waals surface area (Å²) in [5.41, 5.74) is -0.319. The molecule has 1 fully saturated rings. The Kier molecular flexibility index (Phi) is 4.22. The van der Waals surface area contributed by atoms with E-state index in [9.17, 15) is 9.90 Å². The summed E-state index contributed by atoms with van der Waals surface area (Å²) in [6.07, 6.45) is 1.70. The minimum absolute atomic E-state index is 0.251. The van der Waals surface area contributed by atoms with Gasteiger partial charge in [-0.25, -0.2) is 0 Å². The van der Waals surface area contributed by atoms with Crippen molar-refractivity contribution in [2.45, 2.75) is 24.9 Å². The Bertz CT molecular complexity index is 598. The Hall–Kier alpha value is -1.46. The molecule has 4 nitrogen and oxygen atoms in total. The van der Waals surface area contributed by atoms with Gasteiger partial charge in [0.25, 0.3) is 5.91 Å². The van der Waals surface area contributed by atoms with Gasteiger partial charge in [-0.1, -0.05) is 18.2 Å². The molecular weight excluding hydrogens is 286 g/mol. The normalized spacial score (nSPS) is 17.8. The van der Waals surface area contributed by atoms with E-state index in [2.05, 4.69) is 5.32 Å². The van der Waals surface area contributed by atoms with Gasteiger partial charge in [-0.3, -0.25) is 4.79 Å². The number of carbonyl (C=O) groups excluding carboxylic acids is 1. The Morgan fingerprint density at radius 1 is 1.33 bits per heavy atom. The lowest BCUT2D eigenvalue weighted by Crippen LogP contribution is -2.49. The molecule has 1 aromatic carbocycles. The molecule has 0 radical (unpaired) electrons. The molecule has 0 saturated carbocycles. The van der Waals surface area contributed by atoms with Gasteiger partial charge in [-0.2, -0.15) is 11.8 Å². The van der Waals surface area contributed by atoms with E-state index < -0.39 is 5.60 Å². The third-order valence-electron chi connectivity index (χ3n) is 3.88. The van der Waals surface area contributed by atoms with Crippen LogP contribution in [-0.2, 0) is 11.2 Å². The molecular formula is C16H19NO3S. The fraction of sp³-hybridized carbons (Fsp3) is 0.438. The zero-order chi connectivity index (χ0) is 14.7. The summed E-state index contributed by atoms with van der Waals surface area (Å²) >= 11 is 1.78. The highest BCUT2D eigenvalue weighted by atomic mass is 32.2. The number of aliphatic hydroxyl groups is 1. The number of hydrogen-bond acceptors (Lipinski definition) is 4. The van der Waals surface area contributed by atoms with E-state index in [0.717, 1.165) is 28.2 Å². The second kappa shape index (κ2) is 6.12. The average molecular weight is 305 g/mol. The molecule has 2 heterocycles. The molecule has 0 bridgehead atoms. The fourth-order valence-corrected chi connectivity index (χ4v) is 3.73. The number of amides is 1. The van der Waals surface area contributed by atoms with Crippen LogP contribution < -0.4 is 5.32 Å². The number of rotatable bonds is 4. The highest BCUT2D eigenvalue weighted by molar-refractivity contribution is 7.99. The largest absolute Gasteiger partial charge is 0.461 e. The topological polar surface area (TPSA) is 62.5 Å². The van der Waals surface area contributed by atoms with Crippen LogP contribution in [0.25, 0.3) is 11.0 Å². The van der Waals surface area contributed by atoms with Crippen LogP contribution in [0.4, 0.5) is 0 Å². The number of benzene rings is 1. The van der Waals surface area contributed by atoms with Crippen LogP contribution in [0.3, 0.4) is 0 Å². The molecule has 2 N–H and O–H groups in total. The van der Waals surface area contributed by atoms with Crippen LogP contribution in [0.15, 0.2) is 34.7 Å². The van der Waals surface area contributed by atoms with Gasteiger partial charge < -0.3 is 14.8 Å². The quantitative estimate of drug-likeness (QED) is 0.910. The van der Waals surface area contributed by atoms with E-state index >= 15 is 0 Å². The molecule has 1 amide bonds. The minimum Gasteiger partial charge on any atom is -0.461 e. The zero-order valence-corrected chi connectivity index (χ0v) is 12.6. The van der Waals surface area contributed by atoms with Gasteiger partial charge in [-0.15, -0.1) is 0 Å². The van der Waals surface area contributed by atoms with Crippen LogP contribution in [0.1, 0.15) is 18.6 Å². The van der Waals surface area contributed by atoms with Gasteiger partial charge in [0.05, 0.1) is 0 Å². The summed E-state index contributed by atoms with van der Waals surface area (Å²) in [5, 5.41) is 14.2. The molecule has 1 saturated heterocycles. The molecule has 1 aliphatic heterocycles. The van der Waals surface area contributed by atoms with Gasteiger partial charge >= 0.3 is 0 Å². The van der Waals surface area contributed by atoms with E-state index in [0.29, 0.717) is 25.8 Å². The number of thioether (sulfide) groups is 1. The van der Waals surface area contributed by atoms with Crippen molar-refractivity contribution in [1.82, 2.24) is 5.32 Å². The first-order valence-corrected chi connectivity index (χ1v) is 8.39. The Balaban J connectivity index is 1.54. The van der Waals surface area contributed by atoms with Gasteiger partial charge in [-0.05, 0) is 36.5 Å². The number of furan rings is 1. The molecule has 1 aliphatic rings. The van der Waals surface area contributed by atoms with Crippen molar-refractivity contribution in [3.63, 3.8) is 0 Å². The second-order valence-electron chi connectivity index (χ2n) is 5.40. The maximum atomic E-state index is 12.1. The van der Waals surface area contributed by atoms with Crippen molar-refractivity contribution < 1.29 is 14.3 Å². The molecule has 3 rings (SSSR count). The lowest BCUT2D eigenvalue weighted by atomic mass is 9.96. The predicted octanol–water partition coefficient (Wildman–Crippen LogP) is 2.35. The molecule has 5 heteroatoms.